The smallest absolute Gasteiger partial charge is 0.161 e. The molecular formula is C16H20N2O2S. The van der Waals surface area contributed by atoms with Gasteiger partial charge in [0.05, 0.1) is 6.04 Å². The van der Waals surface area contributed by atoms with Crippen LogP contribution in [0.15, 0.2) is 23.6 Å². The average molecular weight is 304 g/mol. The third-order valence-corrected chi connectivity index (χ3v) is 4.72. The number of aromatic nitrogens is 1. The maximum Gasteiger partial charge on any atom is 0.161 e. The van der Waals surface area contributed by atoms with Crippen molar-refractivity contribution in [3.8, 4) is 11.5 Å². The number of rotatable bonds is 4. The minimum absolute atomic E-state index is 0.222. The Morgan fingerprint density at radius 1 is 1.14 bits per heavy atom. The number of nitrogens with one attached hydrogen (secondary N) is 1. The third-order valence-electron chi connectivity index (χ3n) is 3.57. The lowest BCUT2D eigenvalue weighted by Gasteiger charge is -2.22. The van der Waals surface area contributed by atoms with E-state index in [1.807, 2.05) is 13.0 Å². The Bertz CT molecular complexity index is 626. The van der Waals surface area contributed by atoms with Crippen LogP contribution in [-0.4, -0.2) is 18.2 Å². The monoisotopic (exact) mass is 304 g/mol. The molecule has 1 N–H and O–H groups in total. The number of hydrogen-bond donors (Lipinski definition) is 1. The molecule has 0 aliphatic carbocycles. The highest BCUT2D eigenvalue weighted by Crippen LogP contribution is 2.33. The second-order valence-electron chi connectivity index (χ2n) is 5.34. The maximum absolute atomic E-state index is 5.64. The average Bonchev–Trinajstić information content (AvgIpc) is 2.93. The molecule has 1 aliphatic heterocycles. The normalized spacial score (nSPS) is 16.5. The van der Waals surface area contributed by atoms with Crippen LogP contribution in [0.2, 0.25) is 0 Å². The van der Waals surface area contributed by atoms with E-state index in [2.05, 4.69) is 41.7 Å². The number of nitrogens with zero attached hydrogens (tertiary/aromatic N) is 1. The van der Waals surface area contributed by atoms with E-state index in [-0.39, 0.29) is 12.1 Å². The Kier molecular flexibility index (Phi) is 4.12. The van der Waals surface area contributed by atoms with E-state index in [1.54, 1.807) is 11.3 Å². The minimum Gasteiger partial charge on any atom is -0.486 e. The Balaban J connectivity index is 1.71. The lowest BCUT2D eigenvalue weighted by atomic mass is 10.1. The standard InChI is InChI=1S/C16H20N2O2S/c1-10-9-21-16(17-10)12(3)18-11(2)13-4-5-14-15(8-13)20-7-6-19-14/h4-5,8-9,11-12,18H,6-7H2,1-3H3. The van der Waals surface area contributed by atoms with Gasteiger partial charge in [-0.15, -0.1) is 11.3 Å². The van der Waals surface area contributed by atoms with Gasteiger partial charge in [0.2, 0.25) is 0 Å². The highest BCUT2D eigenvalue weighted by molar-refractivity contribution is 7.09. The number of fused-ring (bicyclic) bond motifs is 1. The summed E-state index contributed by atoms with van der Waals surface area (Å²) in [6, 6.07) is 6.59. The van der Waals surface area contributed by atoms with Crippen LogP contribution in [0.1, 0.15) is 42.2 Å². The molecule has 2 unspecified atom stereocenters. The zero-order valence-electron chi connectivity index (χ0n) is 12.6. The van der Waals surface area contributed by atoms with E-state index in [9.17, 15) is 0 Å². The molecule has 0 amide bonds. The van der Waals surface area contributed by atoms with Gasteiger partial charge in [-0.05, 0) is 38.5 Å². The largest absolute Gasteiger partial charge is 0.486 e. The van der Waals surface area contributed by atoms with Crippen molar-refractivity contribution in [2.24, 2.45) is 0 Å². The molecule has 4 nitrogen and oxygen atoms in total. The summed E-state index contributed by atoms with van der Waals surface area (Å²) < 4.78 is 11.2. The fraction of sp³-hybridized carbons (Fsp3) is 0.438. The first-order valence-electron chi connectivity index (χ1n) is 7.21. The highest BCUT2D eigenvalue weighted by atomic mass is 32.1. The lowest BCUT2D eigenvalue weighted by molar-refractivity contribution is 0.171. The summed E-state index contributed by atoms with van der Waals surface area (Å²) in [6.07, 6.45) is 0. The Hall–Kier alpha value is -1.59. The summed E-state index contributed by atoms with van der Waals surface area (Å²) in [5, 5.41) is 6.79. The van der Waals surface area contributed by atoms with Crippen LogP contribution in [0.3, 0.4) is 0 Å². The molecule has 0 fully saturated rings. The molecule has 0 radical (unpaired) electrons. The first-order chi connectivity index (χ1) is 10.1. The molecule has 5 heteroatoms. The molecule has 112 valence electrons. The van der Waals surface area contributed by atoms with Gasteiger partial charge in [0.1, 0.15) is 18.2 Å². The van der Waals surface area contributed by atoms with Gasteiger partial charge in [-0.2, -0.15) is 0 Å². The Morgan fingerprint density at radius 3 is 2.62 bits per heavy atom. The summed E-state index contributed by atoms with van der Waals surface area (Å²) in [6.45, 7) is 7.57. The van der Waals surface area contributed by atoms with Gasteiger partial charge >= 0.3 is 0 Å². The second kappa shape index (κ2) is 6.03. The molecule has 1 aliphatic rings. The fourth-order valence-electron chi connectivity index (χ4n) is 2.44. The van der Waals surface area contributed by atoms with Crippen LogP contribution in [0.25, 0.3) is 0 Å². The zero-order chi connectivity index (χ0) is 14.8. The molecular weight excluding hydrogens is 284 g/mol. The van der Waals surface area contributed by atoms with Gasteiger partial charge in [-0.25, -0.2) is 4.98 Å². The van der Waals surface area contributed by atoms with Crippen LogP contribution in [0, 0.1) is 6.92 Å². The second-order valence-corrected chi connectivity index (χ2v) is 6.23. The molecule has 0 spiro atoms. The molecule has 3 rings (SSSR count). The summed E-state index contributed by atoms with van der Waals surface area (Å²) in [4.78, 5) is 4.54. The van der Waals surface area contributed by atoms with Crippen molar-refractivity contribution in [3.05, 3.63) is 39.8 Å². The van der Waals surface area contributed by atoms with Gasteiger partial charge < -0.3 is 14.8 Å². The summed E-state index contributed by atoms with van der Waals surface area (Å²) >= 11 is 1.70. The molecule has 1 aromatic heterocycles. The van der Waals surface area contributed by atoms with Crippen molar-refractivity contribution in [2.75, 3.05) is 13.2 Å². The SMILES string of the molecule is Cc1csc(C(C)NC(C)c2ccc3c(c2)OCCO3)n1. The van der Waals surface area contributed by atoms with Crippen LogP contribution in [0.4, 0.5) is 0 Å². The molecule has 2 aromatic rings. The molecule has 0 saturated heterocycles. The molecule has 1 aromatic carbocycles. The van der Waals surface area contributed by atoms with Crippen molar-refractivity contribution < 1.29 is 9.47 Å². The van der Waals surface area contributed by atoms with Crippen LogP contribution < -0.4 is 14.8 Å². The van der Waals surface area contributed by atoms with E-state index in [4.69, 9.17) is 9.47 Å². The van der Waals surface area contributed by atoms with E-state index in [1.165, 1.54) is 5.56 Å². The van der Waals surface area contributed by atoms with E-state index >= 15 is 0 Å². The number of thiazole rings is 1. The van der Waals surface area contributed by atoms with Crippen LogP contribution >= 0.6 is 11.3 Å². The van der Waals surface area contributed by atoms with E-state index in [0.717, 1.165) is 22.2 Å². The molecule has 0 saturated carbocycles. The van der Waals surface area contributed by atoms with Crippen molar-refractivity contribution in [1.82, 2.24) is 10.3 Å². The first kappa shape index (κ1) is 14.4. The summed E-state index contributed by atoms with van der Waals surface area (Å²) in [5.41, 5.74) is 2.27. The fourth-order valence-corrected chi connectivity index (χ4v) is 3.26. The summed E-state index contributed by atoms with van der Waals surface area (Å²) in [5.74, 6) is 1.67. The van der Waals surface area contributed by atoms with Crippen LogP contribution in [-0.2, 0) is 0 Å². The van der Waals surface area contributed by atoms with Crippen molar-refractivity contribution in [1.29, 1.82) is 0 Å². The van der Waals surface area contributed by atoms with Gasteiger partial charge in [-0.3, -0.25) is 0 Å². The maximum atomic E-state index is 5.64. The number of benzene rings is 1. The Labute approximate surface area is 129 Å². The van der Waals surface area contributed by atoms with E-state index < -0.39 is 0 Å². The van der Waals surface area contributed by atoms with E-state index in [0.29, 0.717) is 13.2 Å². The predicted octanol–water partition coefficient (Wildman–Crippen LogP) is 3.63. The lowest BCUT2D eigenvalue weighted by Crippen LogP contribution is -2.23. The number of aryl methyl sites for hydroxylation is 1. The Morgan fingerprint density at radius 2 is 1.90 bits per heavy atom. The van der Waals surface area contributed by atoms with Gasteiger partial charge in [0, 0.05) is 17.1 Å². The van der Waals surface area contributed by atoms with Crippen molar-refractivity contribution >= 4 is 11.3 Å². The number of hydrogen-bond acceptors (Lipinski definition) is 5. The van der Waals surface area contributed by atoms with Gasteiger partial charge in [-0.1, -0.05) is 6.07 Å². The first-order valence-corrected chi connectivity index (χ1v) is 8.09. The molecule has 21 heavy (non-hydrogen) atoms. The molecule has 2 heterocycles. The minimum atomic E-state index is 0.222. The highest BCUT2D eigenvalue weighted by Gasteiger charge is 2.17. The topological polar surface area (TPSA) is 43.4 Å². The quantitative estimate of drug-likeness (QED) is 0.936. The van der Waals surface area contributed by atoms with Gasteiger partial charge in [0.15, 0.2) is 11.5 Å². The molecule has 2 atom stereocenters. The summed E-state index contributed by atoms with van der Waals surface area (Å²) in [7, 11) is 0. The van der Waals surface area contributed by atoms with Crippen LogP contribution in [0.5, 0.6) is 11.5 Å². The van der Waals surface area contributed by atoms with Crippen molar-refractivity contribution in [2.45, 2.75) is 32.9 Å². The predicted molar refractivity (Wildman–Crippen MR) is 84.2 cm³/mol. The zero-order valence-corrected chi connectivity index (χ0v) is 13.4. The van der Waals surface area contributed by atoms with Crippen molar-refractivity contribution in [3.63, 3.8) is 0 Å². The molecule has 0 bridgehead atoms. The third kappa shape index (κ3) is 3.19. The van der Waals surface area contributed by atoms with Gasteiger partial charge in [0.25, 0.3) is 0 Å². The number of ether oxygens (including phenoxy) is 2.